The summed E-state index contributed by atoms with van der Waals surface area (Å²) in [5.74, 6) is 3.13. The highest BCUT2D eigenvalue weighted by Crippen LogP contribution is 2.65. The number of fused-ring (bicyclic) bond motifs is 5. The van der Waals surface area contributed by atoms with E-state index in [-0.39, 0.29) is 28.6 Å². The second kappa shape index (κ2) is 6.21. The molecule has 1 N–H and O–H groups in total. The number of rotatable bonds is 3. The summed E-state index contributed by atoms with van der Waals surface area (Å²) in [4.78, 5) is 24.9. The Morgan fingerprint density at radius 1 is 1.19 bits per heavy atom. The maximum Gasteiger partial charge on any atom is 0.243 e. The largest absolute Gasteiger partial charge is 0.349 e. The number of nitrogens with one attached hydrogen (secondary N) is 1. The number of carbonyl (C=O) groups is 2. The van der Waals surface area contributed by atoms with Gasteiger partial charge < -0.3 is 5.32 Å². The molecular weight excluding hydrogens is 322 g/mol. The van der Waals surface area contributed by atoms with Crippen LogP contribution in [0.5, 0.6) is 0 Å². The first-order chi connectivity index (χ1) is 12.3. The van der Waals surface area contributed by atoms with E-state index in [1.807, 2.05) is 0 Å². The van der Waals surface area contributed by atoms with E-state index < -0.39 is 0 Å². The molecule has 1 heterocycles. The molecule has 4 rings (SSSR count). The molecule has 0 aromatic heterocycles. The third-order valence-corrected chi connectivity index (χ3v) is 9.13. The predicted octanol–water partition coefficient (Wildman–Crippen LogP) is 4.52. The molecule has 3 fully saturated rings. The van der Waals surface area contributed by atoms with Crippen LogP contribution in [0, 0.1) is 40.4 Å². The molecule has 3 aliphatic carbocycles. The summed E-state index contributed by atoms with van der Waals surface area (Å²) in [6.07, 6.45) is 11.9. The molecule has 0 unspecified atom stereocenters. The molecule has 0 bridgehead atoms. The average molecular weight is 358 g/mol. The van der Waals surface area contributed by atoms with E-state index in [0.29, 0.717) is 29.6 Å². The molecule has 0 saturated heterocycles. The van der Waals surface area contributed by atoms with Crippen LogP contribution in [0.4, 0.5) is 0 Å². The number of Topliss-reactive ketones (excluding diaryl/α,β-unsaturated/α-hetero) is 1. The highest BCUT2D eigenvalue weighted by Gasteiger charge is 2.60. The van der Waals surface area contributed by atoms with Crippen molar-refractivity contribution in [3.8, 4) is 0 Å². The van der Waals surface area contributed by atoms with Crippen molar-refractivity contribution in [1.29, 1.82) is 0 Å². The minimum Gasteiger partial charge on any atom is -0.349 e. The Hall–Kier alpha value is -1.12. The zero-order chi connectivity index (χ0) is 18.7. The number of ketones is 1. The average Bonchev–Trinajstić information content (AvgIpc) is 2.98. The van der Waals surface area contributed by atoms with Crippen LogP contribution in [0.1, 0.15) is 72.6 Å². The fourth-order valence-electron chi connectivity index (χ4n) is 7.35. The van der Waals surface area contributed by atoms with Crippen molar-refractivity contribution in [3.05, 3.63) is 12.2 Å². The van der Waals surface area contributed by atoms with E-state index >= 15 is 0 Å². The Labute approximate surface area is 158 Å². The quantitative estimate of drug-likeness (QED) is 0.807. The fourth-order valence-corrected chi connectivity index (χ4v) is 7.35. The third-order valence-electron chi connectivity index (χ3n) is 9.13. The monoisotopic (exact) mass is 357 g/mol. The van der Waals surface area contributed by atoms with Gasteiger partial charge in [0, 0.05) is 23.3 Å². The van der Waals surface area contributed by atoms with Crippen LogP contribution in [0.3, 0.4) is 0 Å². The lowest BCUT2D eigenvalue weighted by Crippen LogP contribution is -2.59. The van der Waals surface area contributed by atoms with Crippen LogP contribution >= 0.6 is 0 Å². The van der Waals surface area contributed by atoms with Crippen molar-refractivity contribution in [2.45, 2.75) is 78.7 Å². The molecular formula is C23H35NO2. The molecule has 0 spiro atoms. The van der Waals surface area contributed by atoms with Crippen molar-refractivity contribution >= 4 is 11.7 Å². The van der Waals surface area contributed by atoms with Crippen molar-refractivity contribution in [1.82, 2.24) is 5.32 Å². The molecule has 0 aromatic rings. The summed E-state index contributed by atoms with van der Waals surface area (Å²) in [6.45, 7) is 9.05. The van der Waals surface area contributed by atoms with Gasteiger partial charge in [0.1, 0.15) is 5.78 Å². The molecule has 3 nitrogen and oxygen atoms in total. The first-order valence-corrected chi connectivity index (χ1v) is 10.8. The van der Waals surface area contributed by atoms with E-state index in [0.717, 1.165) is 19.3 Å². The van der Waals surface area contributed by atoms with Gasteiger partial charge in [-0.05, 0) is 74.2 Å². The Morgan fingerprint density at radius 3 is 2.69 bits per heavy atom. The third kappa shape index (κ3) is 2.45. The summed E-state index contributed by atoms with van der Waals surface area (Å²) in [7, 11) is 0. The summed E-state index contributed by atoms with van der Waals surface area (Å²) in [6, 6.07) is 0.296. The summed E-state index contributed by atoms with van der Waals surface area (Å²) < 4.78 is 0. The number of amides is 1. The van der Waals surface area contributed by atoms with E-state index in [1.54, 1.807) is 6.08 Å². The van der Waals surface area contributed by atoms with Crippen LogP contribution < -0.4 is 5.32 Å². The second-order valence-electron chi connectivity index (χ2n) is 10.1. The van der Waals surface area contributed by atoms with Crippen molar-refractivity contribution < 1.29 is 9.59 Å². The molecule has 0 aromatic carbocycles. The molecule has 3 saturated carbocycles. The maximum absolute atomic E-state index is 13.1. The van der Waals surface area contributed by atoms with Gasteiger partial charge in [0.25, 0.3) is 0 Å². The van der Waals surface area contributed by atoms with Crippen LogP contribution in [-0.2, 0) is 9.59 Å². The second-order valence-corrected chi connectivity index (χ2v) is 10.1. The van der Waals surface area contributed by atoms with E-state index in [1.165, 1.54) is 25.7 Å². The van der Waals surface area contributed by atoms with Crippen LogP contribution in [0.2, 0.25) is 0 Å². The fraction of sp³-hybridized carbons (Fsp3) is 0.826. The first kappa shape index (κ1) is 18.3. The first-order valence-electron chi connectivity index (χ1n) is 10.8. The predicted molar refractivity (Wildman–Crippen MR) is 103 cm³/mol. The Kier molecular flexibility index (Phi) is 4.36. The highest BCUT2D eigenvalue weighted by atomic mass is 16.1. The SMILES string of the molecule is CC[C@H](C)C(=O)[C@H]1CC[C@H]2[C@@H]3CC[C@H]4NC(=O)C=C[C@]4(C)[C@H]3CC[C@]12C. The van der Waals surface area contributed by atoms with E-state index in [9.17, 15) is 9.59 Å². The zero-order valence-corrected chi connectivity index (χ0v) is 16.9. The number of hydrogen-bond acceptors (Lipinski definition) is 2. The van der Waals surface area contributed by atoms with Crippen LogP contribution in [-0.4, -0.2) is 17.7 Å². The van der Waals surface area contributed by atoms with Gasteiger partial charge in [-0.2, -0.15) is 0 Å². The lowest BCUT2D eigenvalue weighted by atomic mass is 9.47. The molecule has 1 aliphatic heterocycles. The lowest BCUT2D eigenvalue weighted by molar-refractivity contribution is -0.135. The summed E-state index contributed by atoms with van der Waals surface area (Å²) >= 11 is 0. The van der Waals surface area contributed by atoms with Crippen molar-refractivity contribution in [3.63, 3.8) is 0 Å². The van der Waals surface area contributed by atoms with Gasteiger partial charge in [0.2, 0.25) is 5.91 Å². The molecule has 8 atom stereocenters. The smallest absolute Gasteiger partial charge is 0.243 e. The van der Waals surface area contributed by atoms with Gasteiger partial charge in [-0.3, -0.25) is 9.59 Å². The van der Waals surface area contributed by atoms with Gasteiger partial charge in [0.15, 0.2) is 0 Å². The molecule has 0 radical (unpaired) electrons. The zero-order valence-electron chi connectivity index (χ0n) is 16.9. The minimum atomic E-state index is 0.0756. The van der Waals surface area contributed by atoms with Crippen LogP contribution in [0.15, 0.2) is 12.2 Å². The van der Waals surface area contributed by atoms with Gasteiger partial charge in [-0.1, -0.05) is 33.8 Å². The Balaban J connectivity index is 1.61. The molecule has 4 aliphatic rings. The number of carbonyl (C=O) groups excluding carboxylic acids is 2. The number of hydrogen-bond donors (Lipinski definition) is 1. The molecule has 26 heavy (non-hydrogen) atoms. The molecule has 3 heteroatoms. The molecule has 144 valence electrons. The van der Waals surface area contributed by atoms with Gasteiger partial charge >= 0.3 is 0 Å². The van der Waals surface area contributed by atoms with Gasteiger partial charge in [-0.25, -0.2) is 0 Å². The maximum atomic E-state index is 13.1. The Morgan fingerprint density at radius 2 is 1.96 bits per heavy atom. The topological polar surface area (TPSA) is 46.2 Å². The van der Waals surface area contributed by atoms with E-state index in [4.69, 9.17) is 0 Å². The van der Waals surface area contributed by atoms with E-state index in [2.05, 4.69) is 39.1 Å². The van der Waals surface area contributed by atoms with Crippen molar-refractivity contribution in [2.24, 2.45) is 40.4 Å². The minimum absolute atomic E-state index is 0.0756. The molecule has 1 amide bonds. The van der Waals surface area contributed by atoms with Gasteiger partial charge in [-0.15, -0.1) is 0 Å². The van der Waals surface area contributed by atoms with Crippen molar-refractivity contribution in [2.75, 3.05) is 0 Å². The normalized spacial score (nSPS) is 48.2. The standard InChI is InChI=1S/C23H35NO2/c1-5-14(2)21(26)18-8-7-16-15-6-9-19-23(4,13-11-20(25)24-19)17(15)10-12-22(16,18)3/h11,13-19H,5-10,12H2,1-4H3,(H,24,25)/t14-,15-,16-,17-,18+,19+,22-,23+/m0/s1. The van der Waals surface area contributed by atoms with Crippen LogP contribution in [0.25, 0.3) is 0 Å². The lowest BCUT2D eigenvalue weighted by Gasteiger charge is -2.58. The highest BCUT2D eigenvalue weighted by molar-refractivity contribution is 5.89. The summed E-state index contributed by atoms with van der Waals surface area (Å²) in [5.41, 5.74) is 0.295. The summed E-state index contributed by atoms with van der Waals surface area (Å²) in [5, 5.41) is 3.23. The van der Waals surface area contributed by atoms with Gasteiger partial charge in [0.05, 0.1) is 0 Å². The Bertz CT molecular complexity index is 640.